The predicted octanol–water partition coefficient (Wildman–Crippen LogP) is 8.58. The van der Waals surface area contributed by atoms with Crippen molar-refractivity contribution in [2.24, 2.45) is 0 Å². The van der Waals surface area contributed by atoms with E-state index >= 15 is 0 Å². The summed E-state index contributed by atoms with van der Waals surface area (Å²) < 4.78 is 0.202. The standard InChI is InChI=1S/C20H23O2.C14H11O.Fe/c21-19(17-11-5-4-6-12-17)15-7-2-1-3-8-16-20(22)18-13-9-10-14-18;15-14(13-8-4-5-9-13)11-10-12-6-2-1-3-7-12;/h4-6,9-14H,1-3,7-8,15-16H2;1-11H;. The zero-order valence-electron chi connectivity index (χ0n) is 21.6. The van der Waals surface area contributed by atoms with Crippen molar-refractivity contribution in [2.75, 3.05) is 0 Å². The van der Waals surface area contributed by atoms with Crippen LogP contribution < -0.4 is 0 Å². The number of allylic oxidation sites excluding steroid dienone is 1. The Morgan fingerprint density at radius 1 is 0.658 bits per heavy atom. The molecule has 38 heavy (non-hydrogen) atoms. The van der Waals surface area contributed by atoms with Crippen molar-refractivity contribution in [3.63, 3.8) is 0 Å². The number of Topliss-reactive ketones (excluding diaryl/α,β-unsaturated/α-hetero) is 2. The molecular weight excluding hydrogens is 512 g/mol. The molecule has 0 amide bonds. The topological polar surface area (TPSA) is 51.2 Å². The summed E-state index contributed by atoms with van der Waals surface area (Å²) in [5, 5.41) is 0. The zero-order chi connectivity index (χ0) is 25.3. The fourth-order valence-electron chi connectivity index (χ4n) is 20.9. The van der Waals surface area contributed by atoms with Gasteiger partial charge in [-0.15, -0.1) is 0 Å². The van der Waals surface area contributed by atoms with Gasteiger partial charge in [0, 0.05) is 0 Å². The Morgan fingerprint density at radius 2 is 1.18 bits per heavy atom. The molecular formula is C34H34FeO3. The molecule has 10 fully saturated rings. The van der Waals surface area contributed by atoms with Gasteiger partial charge in [0.2, 0.25) is 0 Å². The first-order chi connectivity index (χ1) is 18.3. The van der Waals surface area contributed by atoms with E-state index in [0.717, 1.165) is 88.2 Å². The first-order valence-electron chi connectivity index (χ1n) is 14.9. The third kappa shape index (κ3) is 0.492. The Morgan fingerprint density at radius 3 is 1.79 bits per heavy atom. The van der Waals surface area contributed by atoms with Crippen molar-refractivity contribution in [1.82, 2.24) is 0 Å². The summed E-state index contributed by atoms with van der Waals surface area (Å²) in [5.41, 5.74) is 1.93. The normalized spacial score (nSPS) is 61.6. The molecule has 8 unspecified atom stereocenters. The molecule has 10 aliphatic heterocycles. The number of benzene rings is 2. The molecule has 8 atom stereocenters. The number of ketones is 3. The predicted molar refractivity (Wildman–Crippen MR) is 144 cm³/mol. The molecule has 3 nitrogen and oxygen atoms in total. The van der Waals surface area contributed by atoms with Gasteiger partial charge in [0.05, 0.1) is 0 Å². The molecule has 4 heteroatoms. The van der Waals surface area contributed by atoms with Gasteiger partial charge in [-0.1, -0.05) is 18.2 Å². The molecule has 12 rings (SSSR count). The smallest absolute Gasteiger partial charge is 0.0622 e. The second-order valence-electron chi connectivity index (χ2n) is 16.4. The molecule has 0 aliphatic carbocycles. The summed E-state index contributed by atoms with van der Waals surface area (Å²) >= 11 is 0. The number of carbonyl (C=O) groups excluding carboxylic acids is 3. The van der Waals surface area contributed by atoms with Gasteiger partial charge in [0.1, 0.15) is 0 Å². The number of unbranched alkanes of at least 4 members (excludes halogenated alkanes) is 4. The SMILES string of the molecule is O=C(CCCCCCCC(=O)[C]12[CH]3[CH]4[CH]5[CH]1[Fe]45321678[CH]2[CH]1[CH]6[C]7(C(=O)C=Cc1ccccc1)[CH]28)c1ccccc1. The Labute approximate surface area is 213 Å². The van der Waals surface area contributed by atoms with Crippen LogP contribution in [0.1, 0.15) is 60.9 Å². The number of hydrogen-bond donors (Lipinski definition) is 0. The van der Waals surface area contributed by atoms with Crippen LogP contribution in [0.25, 0.3) is 6.08 Å². The van der Waals surface area contributed by atoms with Crippen molar-refractivity contribution in [1.29, 1.82) is 0 Å². The van der Waals surface area contributed by atoms with Gasteiger partial charge in [0.25, 0.3) is 0 Å². The summed E-state index contributed by atoms with van der Waals surface area (Å²) in [5.74, 6) is 1.37. The van der Waals surface area contributed by atoms with E-state index in [1.54, 1.807) is 0 Å². The minimum atomic E-state index is -4.08. The van der Waals surface area contributed by atoms with Crippen LogP contribution in [-0.4, -0.2) is 17.3 Å². The van der Waals surface area contributed by atoms with E-state index in [9.17, 15) is 14.4 Å². The molecule has 196 valence electrons. The Bertz CT molecular complexity index is 1960. The average molecular weight is 546 g/mol. The Balaban J connectivity index is 0.755. The van der Waals surface area contributed by atoms with Gasteiger partial charge in [-0.05, 0) is 0 Å². The van der Waals surface area contributed by atoms with Crippen LogP contribution >= 0.6 is 0 Å². The molecule has 0 bridgehead atoms. The van der Waals surface area contributed by atoms with Gasteiger partial charge in [-0.25, -0.2) is 0 Å². The molecule has 10 aliphatic rings. The number of hydrogen-bond acceptors (Lipinski definition) is 3. The summed E-state index contributed by atoms with van der Waals surface area (Å²) in [6.45, 7) is -4.08. The number of rotatable bonds is 13. The molecule has 0 aromatic heterocycles. The monoisotopic (exact) mass is 546 g/mol. The summed E-state index contributed by atoms with van der Waals surface area (Å²) in [4.78, 5) is 47.4. The average Bonchev–Trinajstić information content (AvgIpc) is 3.90. The first-order valence-corrected chi connectivity index (χ1v) is 21.1. The van der Waals surface area contributed by atoms with Crippen molar-refractivity contribution >= 4 is 23.4 Å². The fourth-order valence-corrected chi connectivity index (χ4v) is 96.7. The second-order valence-corrected chi connectivity index (χ2v) is 39.6. The van der Waals surface area contributed by atoms with E-state index in [1.807, 2.05) is 54.6 Å². The molecule has 0 radical (unpaired) electrons. The van der Waals surface area contributed by atoms with Gasteiger partial charge in [0.15, 0.2) is 0 Å². The number of carbonyl (C=O) groups is 3. The van der Waals surface area contributed by atoms with E-state index < -0.39 is 6.51 Å². The van der Waals surface area contributed by atoms with Gasteiger partial charge >= 0.3 is 196 Å². The maximum absolute atomic E-state index is 14.1. The zero-order valence-corrected chi connectivity index (χ0v) is 22.7. The molecule has 0 N–H and O–H groups in total. The van der Waals surface area contributed by atoms with Gasteiger partial charge in [-0.2, -0.15) is 0 Å². The number of fused-ring (bicyclic) bond motifs is 10. The van der Waals surface area contributed by atoms with E-state index in [2.05, 4.69) is 18.2 Å². The van der Waals surface area contributed by atoms with Crippen molar-refractivity contribution < 1.29 is 20.9 Å². The van der Waals surface area contributed by atoms with Crippen molar-refractivity contribution in [3.05, 3.63) is 77.9 Å². The fraction of sp³-hybridized carbons (Fsp3) is 0.500. The van der Waals surface area contributed by atoms with Crippen LogP contribution in [0, 0.1) is 0 Å². The van der Waals surface area contributed by atoms with E-state index in [-0.39, 0.29) is 14.4 Å². The molecule has 2 aromatic carbocycles. The van der Waals surface area contributed by atoms with E-state index in [0.29, 0.717) is 18.0 Å². The second kappa shape index (κ2) is 3.10. The third-order valence-corrected chi connectivity index (χ3v) is 62.5. The Hall–Kier alpha value is -2.29. The van der Waals surface area contributed by atoms with Gasteiger partial charge < -0.3 is 0 Å². The molecule has 2 aromatic rings. The minimum absolute atomic E-state index is 0.0701. The van der Waals surface area contributed by atoms with Crippen LogP contribution in [0.5, 0.6) is 0 Å². The van der Waals surface area contributed by atoms with E-state index in [4.69, 9.17) is 0 Å². The quantitative estimate of drug-likeness (QED) is 0.109. The van der Waals surface area contributed by atoms with Crippen LogP contribution in [0.15, 0.2) is 66.7 Å². The Kier molecular flexibility index (Phi) is 1.61. The van der Waals surface area contributed by atoms with Crippen molar-refractivity contribution in [2.45, 2.75) is 92.1 Å². The van der Waals surface area contributed by atoms with Gasteiger partial charge in [-0.3, -0.25) is 0 Å². The minimum Gasteiger partial charge on any atom is -0.0622 e. The summed E-state index contributed by atoms with van der Waals surface area (Å²) in [6.07, 6.45) is 10.6. The van der Waals surface area contributed by atoms with Crippen molar-refractivity contribution in [3.8, 4) is 0 Å². The van der Waals surface area contributed by atoms with E-state index in [1.165, 1.54) is 0 Å². The third-order valence-electron chi connectivity index (χ3n) is 19.7. The molecule has 1 spiro atoms. The summed E-state index contributed by atoms with van der Waals surface area (Å²) in [6, 6.07) is 19.8. The van der Waals surface area contributed by atoms with Crippen LogP contribution in [-0.2, 0) is 16.1 Å². The summed E-state index contributed by atoms with van der Waals surface area (Å²) in [7, 11) is 0. The molecule has 10 heterocycles. The first kappa shape index (κ1) is 19.7. The molecule has 10 saturated heterocycles. The molecule has 0 saturated carbocycles. The van der Waals surface area contributed by atoms with Crippen LogP contribution in [0.3, 0.4) is 0 Å². The van der Waals surface area contributed by atoms with Crippen LogP contribution in [0.2, 0.25) is 47.2 Å². The maximum atomic E-state index is 14.1. The van der Waals surface area contributed by atoms with Crippen LogP contribution in [0.4, 0.5) is 0 Å².